The van der Waals surface area contributed by atoms with Crippen molar-refractivity contribution in [3.05, 3.63) is 69.2 Å². The molecule has 0 spiro atoms. The summed E-state index contributed by atoms with van der Waals surface area (Å²) in [6, 6.07) is 9.88. The van der Waals surface area contributed by atoms with Crippen molar-refractivity contribution >= 4 is 28.5 Å². The van der Waals surface area contributed by atoms with Crippen LogP contribution in [-0.2, 0) is 5.60 Å². The molecule has 1 amide bonds. The molecule has 8 nitrogen and oxygen atoms in total. The van der Waals surface area contributed by atoms with Crippen molar-refractivity contribution in [1.29, 1.82) is 0 Å². The first-order valence-corrected chi connectivity index (χ1v) is 12.5. The molecule has 3 rings (SSSR count). The van der Waals surface area contributed by atoms with Crippen molar-refractivity contribution in [1.82, 2.24) is 10.3 Å². The van der Waals surface area contributed by atoms with E-state index in [4.69, 9.17) is 14.2 Å². The van der Waals surface area contributed by atoms with Gasteiger partial charge in [-0.3, -0.25) is 4.79 Å². The van der Waals surface area contributed by atoms with Crippen LogP contribution in [-0.4, -0.2) is 60.8 Å². The molecule has 2 atom stereocenters. The topological polar surface area (TPSA) is 110 Å². The molecule has 210 valence electrons. The molecule has 0 saturated heterocycles. The van der Waals surface area contributed by atoms with Gasteiger partial charge < -0.3 is 29.7 Å². The monoisotopic (exact) mass is 664 g/mol. The third-order valence-electron chi connectivity index (χ3n) is 5.57. The fraction of sp³-hybridized carbons (Fsp3) is 0.308. The van der Waals surface area contributed by atoms with E-state index in [1.54, 1.807) is 22.6 Å². The molecule has 0 aliphatic rings. The molecule has 3 aromatic rings. The number of carbonyl (C=O) groups excluding carboxylic acids is 1. The summed E-state index contributed by atoms with van der Waals surface area (Å²) in [6.45, 7) is 0.198. The number of benzene rings is 2. The van der Waals surface area contributed by atoms with Crippen LogP contribution in [0.2, 0.25) is 0 Å². The molecule has 0 aliphatic heterocycles. The highest BCUT2D eigenvalue weighted by Gasteiger charge is 2.56. The van der Waals surface area contributed by atoms with E-state index >= 15 is 0 Å². The Kier molecular flexibility index (Phi) is 9.61. The van der Waals surface area contributed by atoms with E-state index < -0.39 is 41.8 Å². The smallest absolute Gasteiger partial charge is 0.424 e. The zero-order chi connectivity index (χ0) is 29.0. The number of aliphatic hydroxyl groups excluding tert-OH is 1. The minimum absolute atomic E-state index is 0.0472. The second-order valence-corrected chi connectivity index (χ2v) is 9.60. The molecule has 2 aromatic carbocycles. The van der Waals surface area contributed by atoms with E-state index in [0.717, 1.165) is 12.1 Å². The van der Waals surface area contributed by atoms with Gasteiger partial charge in [0.05, 0.1) is 32.6 Å². The van der Waals surface area contributed by atoms with Crippen LogP contribution in [0, 0.1) is 9.39 Å². The Hall–Kier alpha value is -3.17. The molecule has 2 unspecified atom stereocenters. The summed E-state index contributed by atoms with van der Waals surface area (Å²) >= 11 is 1.73. The Morgan fingerprint density at radius 1 is 1.05 bits per heavy atom. The van der Waals surface area contributed by atoms with Crippen LogP contribution in [0.15, 0.2) is 48.5 Å². The maximum absolute atomic E-state index is 14.2. The number of amides is 1. The quantitative estimate of drug-likeness (QED) is 0.217. The molecule has 0 aliphatic carbocycles. The van der Waals surface area contributed by atoms with Gasteiger partial charge >= 0.3 is 6.18 Å². The molecule has 0 fully saturated rings. The summed E-state index contributed by atoms with van der Waals surface area (Å²) in [7, 11) is 2.60. The Balaban J connectivity index is 1.93. The zero-order valence-electron chi connectivity index (χ0n) is 21.0. The normalized spacial score (nSPS) is 13.8. The van der Waals surface area contributed by atoms with Gasteiger partial charge in [-0.25, -0.2) is 9.37 Å². The van der Waals surface area contributed by atoms with Crippen LogP contribution in [0.25, 0.3) is 11.3 Å². The number of alkyl halides is 3. The highest BCUT2D eigenvalue weighted by Crippen LogP contribution is 2.40. The summed E-state index contributed by atoms with van der Waals surface area (Å²) < 4.78 is 72.4. The molecule has 0 saturated carbocycles. The third-order valence-corrected chi connectivity index (χ3v) is 6.40. The summed E-state index contributed by atoms with van der Waals surface area (Å²) in [5, 5.41) is 22.3. The number of nitrogens with zero attached hydrogens (tertiary/aromatic N) is 1. The van der Waals surface area contributed by atoms with E-state index in [9.17, 15) is 32.6 Å². The second-order valence-electron chi connectivity index (χ2n) is 8.44. The van der Waals surface area contributed by atoms with Gasteiger partial charge in [0.15, 0.2) is 11.5 Å². The van der Waals surface area contributed by atoms with Gasteiger partial charge in [0.2, 0.25) is 5.60 Å². The van der Waals surface area contributed by atoms with E-state index in [-0.39, 0.29) is 44.2 Å². The number of hydrogen-bond acceptors (Lipinski definition) is 7. The molecule has 1 aromatic heterocycles. The van der Waals surface area contributed by atoms with E-state index in [0.29, 0.717) is 0 Å². The molecular formula is C26H25F4IN2O6. The van der Waals surface area contributed by atoms with Crippen LogP contribution in [0.4, 0.5) is 17.6 Å². The molecule has 0 radical (unpaired) electrons. The highest BCUT2D eigenvalue weighted by molar-refractivity contribution is 14.1. The summed E-state index contributed by atoms with van der Waals surface area (Å²) in [4.78, 5) is 16.8. The van der Waals surface area contributed by atoms with Gasteiger partial charge in [-0.15, -0.1) is 0 Å². The van der Waals surface area contributed by atoms with E-state index in [1.165, 1.54) is 57.5 Å². The Morgan fingerprint density at radius 2 is 1.72 bits per heavy atom. The maximum Gasteiger partial charge on any atom is 0.424 e. The van der Waals surface area contributed by atoms with Gasteiger partial charge in [0, 0.05) is 14.7 Å². The van der Waals surface area contributed by atoms with Gasteiger partial charge in [0.25, 0.3) is 5.91 Å². The van der Waals surface area contributed by atoms with Crippen molar-refractivity contribution < 1.29 is 46.8 Å². The number of aromatic nitrogens is 1. The van der Waals surface area contributed by atoms with Crippen LogP contribution in [0.1, 0.15) is 23.0 Å². The predicted molar refractivity (Wildman–Crippen MR) is 141 cm³/mol. The number of rotatable bonds is 10. The minimum atomic E-state index is -5.24. The summed E-state index contributed by atoms with van der Waals surface area (Å²) in [6.07, 6.45) is -6.01. The van der Waals surface area contributed by atoms with Crippen molar-refractivity contribution in [3.8, 4) is 28.5 Å². The summed E-state index contributed by atoms with van der Waals surface area (Å²) in [5.41, 5.74) is -4.24. The van der Waals surface area contributed by atoms with Crippen molar-refractivity contribution in [3.63, 3.8) is 0 Å². The van der Waals surface area contributed by atoms with Crippen LogP contribution in [0.3, 0.4) is 0 Å². The molecular weight excluding hydrogens is 639 g/mol. The van der Waals surface area contributed by atoms with Crippen molar-refractivity contribution in [2.75, 3.05) is 27.4 Å². The van der Waals surface area contributed by atoms with Gasteiger partial charge in [-0.2, -0.15) is 13.2 Å². The fourth-order valence-corrected chi connectivity index (χ4v) is 3.99. The number of carbonyl (C=O) groups is 1. The minimum Gasteiger partial charge on any atom is -0.494 e. The Labute approximate surface area is 235 Å². The lowest BCUT2D eigenvalue weighted by molar-refractivity contribution is -0.265. The van der Waals surface area contributed by atoms with Gasteiger partial charge in [0.1, 0.15) is 23.9 Å². The number of nitrogens with one attached hydrogen (secondary N) is 1. The number of halogens is 5. The molecule has 1 heterocycles. The lowest BCUT2D eigenvalue weighted by Gasteiger charge is -2.30. The SMILES string of the molecule is COc1cc(C(=O)NCC(O)(c2ccc(OC)c(-c3ccc(F)c(I)c3)n2)C(F)(F)F)ccc1OCC(C)O. The van der Waals surface area contributed by atoms with Crippen LogP contribution in [0.5, 0.6) is 17.2 Å². The molecule has 39 heavy (non-hydrogen) atoms. The van der Waals surface area contributed by atoms with E-state index in [2.05, 4.69) is 10.3 Å². The maximum atomic E-state index is 14.2. The largest absolute Gasteiger partial charge is 0.494 e. The molecule has 0 bridgehead atoms. The van der Waals surface area contributed by atoms with Crippen molar-refractivity contribution in [2.45, 2.75) is 24.8 Å². The highest BCUT2D eigenvalue weighted by atomic mass is 127. The first-order chi connectivity index (χ1) is 18.3. The first-order valence-electron chi connectivity index (χ1n) is 11.4. The zero-order valence-corrected chi connectivity index (χ0v) is 23.1. The average molecular weight is 664 g/mol. The van der Waals surface area contributed by atoms with Crippen LogP contribution < -0.4 is 19.5 Å². The standard InChI is InChI=1S/C26H25F4IN2O6/c1-14(34)12-39-19-7-5-16(11-21(19)38-3)24(35)32-13-25(36,26(28,29)30)22-9-8-20(37-2)23(33-22)15-4-6-17(27)18(31)10-15/h4-11,14,34,36H,12-13H2,1-3H3,(H,32,35). The predicted octanol–water partition coefficient (Wildman–Crippen LogP) is 4.45. The Morgan fingerprint density at radius 3 is 2.31 bits per heavy atom. The lowest BCUT2D eigenvalue weighted by atomic mass is 9.96. The summed E-state index contributed by atoms with van der Waals surface area (Å²) in [5.74, 6) is -1.03. The Bertz CT molecular complexity index is 1340. The van der Waals surface area contributed by atoms with Gasteiger partial charge in [-0.1, -0.05) is 0 Å². The van der Waals surface area contributed by atoms with Crippen molar-refractivity contribution in [2.24, 2.45) is 0 Å². The molecule has 13 heteroatoms. The lowest BCUT2D eigenvalue weighted by Crippen LogP contribution is -2.51. The number of hydrogen-bond donors (Lipinski definition) is 3. The van der Waals surface area contributed by atoms with Gasteiger partial charge in [-0.05, 0) is 78.0 Å². The third kappa shape index (κ3) is 6.89. The number of methoxy groups -OCH3 is 2. The fourth-order valence-electron chi connectivity index (χ4n) is 3.48. The second kappa shape index (κ2) is 12.3. The van der Waals surface area contributed by atoms with Crippen LogP contribution >= 0.6 is 22.6 Å². The number of pyridine rings is 1. The van der Waals surface area contributed by atoms with E-state index in [1.807, 2.05) is 0 Å². The number of ether oxygens (including phenoxy) is 3. The number of aliphatic hydroxyl groups is 2. The molecule has 3 N–H and O–H groups in total. The first kappa shape index (κ1) is 30.4. The average Bonchev–Trinajstić information content (AvgIpc) is 2.90.